The monoisotopic (exact) mass is 443 g/mol. The summed E-state index contributed by atoms with van der Waals surface area (Å²) in [4.78, 5) is 22.0. The molecule has 5 rings (SSSR count). The smallest absolute Gasteiger partial charge is 0.205 e. The quantitative estimate of drug-likeness (QED) is 0.446. The van der Waals surface area contributed by atoms with E-state index in [0.717, 1.165) is 63.4 Å². The summed E-state index contributed by atoms with van der Waals surface area (Å²) in [6.45, 7) is 3.74. The van der Waals surface area contributed by atoms with Gasteiger partial charge in [-0.05, 0) is 25.6 Å². The molecule has 2 aromatic carbocycles. The minimum atomic E-state index is -0.0634. The van der Waals surface area contributed by atoms with Gasteiger partial charge >= 0.3 is 0 Å². The number of hydrogen-bond acceptors (Lipinski definition) is 6. The standard InChI is InChI=1S/C26H25N3O2S/c1-15-8-10-16(11-9-15)24(30)25-23(27)22-21(17-6-4-5-7-20(17)31-3)18-14-29(2)13-12-19(18)28-26(22)32-25/h4-11H,12-14,27H2,1-3H3. The lowest BCUT2D eigenvalue weighted by molar-refractivity contribution is 0.104. The maximum Gasteiger partial charge on any atom is 0.205 e. The van der Waals surface area contributed by atoms with Crippen molar-refractivity contribution < 1.29 is 9.53 Å². The van der Waals surface area contributed by atoms with Crippen LogP contribution in [0.5, 0.6) is 5.75 Å². The van der Waals surface area contributed by atoms with Crippen molar-refractivity contribution in [2.24, 2.45) is 0 Å². The van der Waals surface area contributed by atoms with Gasteiger partial charge in [0.15, 0.2) is 0 Å². The SMILES string of the molecule is COc1ccccc1-c1c2c(nc3sc(C(=O)c4ccc(C)cc4)c(N)c13)CCN(C)C2. The van der Waals surface area contributed by atoms with Gasteiger partial charge in [-0.15, -0.1) is 11.3 Å². The molecule has 162 valence electrons. The first-order valence-corrected chi connectivity index (χ1v) is 11.5. The molecule has 2 N–H and O–H groups in total. The number of fused-ring (bicyclic) bond motifs is 2. The molecular weight excluding hydrogens is 418 g/mol. The third kappa shape index (κ3) is 3.36. The first-order chi connectivity index (χ1) is 15.5. The molecule has 0 saturated carbocycles. The average molecular weight is 444 g/mol. The fourth-order valence-corrected chi connectivity index (χ4v) is 5.50. The summed E-state index contributed by atoms with van der Waals surface area (Å²) >= 11 is 1.39. The zero-order valence-corrected chi connectivity index (χ0v) is 19.3. The summed E-state index contributed by atoms with van der Waals surface area (Å²) in [5.41, 5.74) is 13.2. The number of carbonyl (C=O) groups excluding carboxylic acids is 1. The first kappa shape index (κ1) is 20.7. The Kier molecular flexibility index (Phi) is 5.19. The molecule has 32 heavy (non-hydrogen) atoms. The minimum absolute atomic E-state index is 0.0634. The van der Waals surface area contributed by atoms with Gasteiger partial charge in [0.25, 0.3) is 0 Å². The second-order valence-corrected chi connectivity index (χ2v) is 9.32. The molecule has 3 heterocycles. The number of benzene rings is 2. The van der Waals surface area contributed by atoms with E-state index in [-0.39, 0.29) is 5.78 Å². The maximum absolute atomic E-state index is 13.4. The molecule has 5 nitrogen and oxygen atoms in total. The van der Waals surface area contributed by atoms with Crippen molar-refractivity contribution in [3.05, 3.63) is 75.8 Å². The van der Waals surface area contributed by atoms with Gasteiger partial charge in [0.2, 0.25) is 5.78 Å². The van der Waals surface area contributed by atoms with E-state index in [1.165, 1.54) is 11.3 Å². The number of hydrogen-bond donors (Lipinski definition) is 1. The number of nitrogens with zero attached hydrogens (tertiary/aromatic N) is 2. The normalized spacial score (nSPS) is 13.8. The van der Waals surface area contributed by atoms with Crippen LogP contribution in [0.15, 0.2) is 48.5 Å². The van der Waals surface area contributed by atoms with E-state index in [9.17, 15) is 4.79 Å². The van der Waals surface area contributed by atoms with Crippen molar-refractivity contribution in [2.45, 2.75) is 19.9 Å². The van der Waals surface area contributed by atoms with Crippen LogP contribution in [0.1, 0.15) is 32.1 Å². The predicted octanol–water partition coefficient (Wildman–Crippen LogP) is 5.08. The zero-order chi connectivity index (χ0) is 22.4. The van der Waals surface area contributed by atoms with Crippen molar-refractivity contribution >= 4 is 33.0 Å². The van der Waals surface area contributed by atoms with Crippen molar-refractivity contribution in [3.63, 3.8) is 0 Å². The highest BCUT2D eigenvalue weighted by Crippen LogP contribution is 2.46. The Morgan fingerprint density at radius 3 is 2.66 bits per heavy atom. The fraction of sp³-hybridized carbons (Fsp3) is 0.231. The average Bonchev–Trinajstić information content (AvgIpc) is 3.13. The van der Waals surface area contributed by atoms with E-state index in [4.69, 9.17) is 15.5 Å². The molecule has 0 amide bonds. The van der Waals surface area contributed by atoms with Gasteiger partial charge < -0.3 is 15.4 Å². The number of ether oxygens (including phenoxy) is 1. The molecular formula is C26H25N3O2S. The molecule has 0 saturated heterocycles. The fourth-order valence-electron chi connectivity index (χ4n) is 4.41. The molecule has 1 aliphatic rings. The van der Waals surface area contributed by atoms with Crippen LogP contribution in [0.4, 0.5) is 5.69 Å². The topological polar surface area (TPSA) is 68.4 Å². The molecule has 0 bridgehead atoms. The van der Waals surface area contributed by atoms with E-state index >= 15 is 0 Å². The maximum atomic E-state index is 13.4. The lowest BCUT2D eigenvalue weighted by Gasteiger charge is -2.27. The molecule has 0 unspecified atom stereocenters. The van der Waals surface area contributed by atoms with Crippen LogP contribution in [-0.4, -0.2) is 36.4 Å². The molecule has 1 aliphatic heterocycles. The molecule has 0 aliphatic carbocycles. The van der Waals surface area contributed by atoms with Crippen molar-refractivity contribution in [3.8, 4) is 16.9 Å². The Balaban J connectivity index is 1.79. The van der Waals surface area contributed by atoms with Crippen molar-refractivity contribution in [1.82, 2.24) is 9.88 Å². The number of thiophene rings is 1. The number of anilines is 1. The molecule has 4 aromatic rings. The van der Waals surface area contributed by atoms with Crippen LogP contribution in [0.2, 0.25) is 0 Å². The number of ketones is 1. The third-order valence-corrected chi connectivity index (χ3v) is 7.22. The number of methoxy groups -OCH3 is 1. The molecule has 6 heteroatoms. The van der Waals surface area contributed by atoms with Crippen LogP contribution >= 0.6 is 11.3 Å². The highest BCUT2D eigenvalue weighted by atomic mass is 32.1. The Labute approximate surface area is 191 Å². The lowest BCUT2D eigenvalue weighted by atomic mass is 9.91. The molecule has 0 fully saturated rings. The van der Waals surface area contributed by atoms with Gasteiger partial charge in [-0.3, -0.25) is 4.79 Å². The summed E-state index contributed by atoms with van der Waals surface area (Å²) in [5.74, 6) is 0.721. The van der Waals surface area contributed by atoms with E-state index in [2.05, 4.69) is 18.0 Å². The second-order valence-electron chi connectivity index (χ2n) is 8.32. The Hall–Kier alpha value is -3.22. The second kappa shape index (κ2) is 8.04. The van der Waals surface area contributed by atoms with Crippen LogP contribution < -0.4 is 10.5 Å². The number of rotatable bonds is 4. The van der Waals surface area contributed by atoms with Crippen LogP contribution in [0.25, 0.3) is 21.3 Å². The predicted molar refractivity (Wildman–Crippen MR) is 131 cm³/mol. The number of aryl methyl sites for hydroxylation is 1. The van der Waals surface area contributed by atoms with Gasteiger partial charge in [0, 0.05) is 47.3 Å². The van der Waals surface area contributed by atoms with Gasteiger partial charge in [-0.2, -0.15) is 0 Å². The Morgan fingerprint density at radius 1 is 1.16 bits per heavy atom. The number of aromatic nitrogens is 1. The summed E-state index contributed by atoms with van der Waals surface area (Å²) in [6.07, 6.45) is 0.864. The number of carbonyl (C=O) groups is 1. The number of para-hydroxylation sites is 1. The van der Waals surface area contributed by atoms with E-state index in [1.807, 2.05) is 49.4 Å². The molecule has 2 aromatic heterocycles. The summed E-state index contributed by atoms with van der Waals surface area (Å²) in [7, 11) is 3.79. The van der Waals surface area contributed by atoms with Gasteiger partial charge in [-0.25, -0.2) is 4.98 Å². The number of likely N-dealkylation sites (N-methyl/N-ethyl adjacent to an activating group) is 1. The van der Waals surface area contributed by atoms with Gasteiger partial charge in [0.05, 0.1) is 12.8 Å². The Morgan fingerprint density at radius 2 is 1.91 bits per heavy atom. The van der Waals surface area contributed by atoms with E-state index in [1.54, 1.807) is 7.11 Å². The van der Waals surface area contributed by atoms with Crippen LogP contribution in [-0.2, 0) is 13.0 Å². The first-order valence-electron chi connectivity index (χ1n) is 10.6. The lowest BCUT2D eigenvalue weighted by Crippen LogP contribution is -2.28. The number of pyridine rings is 1. The largest absolute Gasteiger partial charge is 0.496 e. The van der Waals surface area contributed by atoms with Crippen molar-refractivity contribution in [2.75, 3.05) is 26.4 Å². The van der Waals surface area contributed by atoms with Crippen LogP contribution in [0.3, 0.4) is 0 Å². The summed E-state index contributed by atoms with van der Waals surface area (Å²) in [6, 6.07) is 15.6. The summed E-state index contributed by atoms with van der Waals surface area (Å²) in [5, 5.41) is 0.851. The number of nitrogens with two attached hydrogens (primary N) is 1. The Bertz CT molecular complexity index is 1340. The van der Waals surface area contributed by atoms with Gasteiger partial charge in [-0.1, -0.05) is 48.0 Å². The van der Waals surface area contributed by atoms with Gasteiger partial charge in [0.1, 0.15) is 15.5 Å². The van der Waals surface area contributed by atoms with Crippen molar-refractivity contribution in [1.29, 1.82) is 0 Å². The molecule has 0 atom stereocenters. The van der Waals surface area contributed by atoms with E-state index < -0.39 is 0 Å². The highest BCUT2D eigenvalue weighted by molar-refractivity contribution is 7.21. The molecule has 0 radical (unpaired) electrons. The minimum Gasteiger partial charge on any atom is -0.496 e. The summed E-state index contributed by atoms with van der Waals surface area (Å²) < 4.78 is 5.70. The van der Waals surface area contributed by atoms with E-state index in [0.29, 0.717) is 16.1 Å². The van der Waals surface area contributed by atoms with Crippen LogP contribution in [0, 0.1) is 6.92 Å². The number of nitrogen functional groups attached to an aromatic ring is 1. The molecule has 0 spiro atoms. The third-order valence-electron chi connectivity index (χ3n) is 6.12. The zero-order valence-electron chi connectivity index (χ0n) is 18.4. The highest BCUT2D eigenvalue weighted by Gasteiger charge is 2.28.